The molecule has 1 atom stereocenters. The number of rotatable bonds is 3. The summed E-state index contributed by atoms with van der Waals surface area (Å²) in [6.45, 7) is 1.27. The molecule has 0 saturated heterocycles. The Morgan fingerprint density at radius 2 is 1.90 bits per heavy atom. The summed E-state index contributed by atoms with van der Waals surface area (Å²) in [5.74, 6) is 0.420. The van der Waals surface area contributed by atoms with Gasteiger partial charge in [0.15, 0.2) is 0 Å². The van der Waals surface area contributed by atoms with Crippen molar-refractivity contribution < 1.29 is 9.90 Å². The maximum absolute atomic E-state index is 12.7. The molecule has 4 heteroatoms. The molecule has 0 bridgehead atoms. The lowest BCUT2D eigenvalue weighted by Gasteiger charge is -2.18. The first kappa shape index (κ1) is 13.6. The number of aromatic hydroxyl groups is 1. The zero-order valence-corrected chi connectivity index (χ0v) is 11.7. The third kappa shape index (κ3) is 2.50. The van der Waals surface area contributed by atoms with Crippen LogP contribution in [0.15, 0.2) is 48.5 Å². The van der Waals surface area contributed by atoms with Gasteiger partial charge in [0, 0.05) is 23.7 Å². The quantitative estimate of drug-likeness (QED) is 0.909. The molecule has 2 aromatic carbocycles. The number of carbonyl (C=O) groups excluding carboxylic acids is 1. The molecule has 0 aliphatic carbocycles. The monoisotopic (exact) mass is 282 g/mol. The molecule has 0 radical (unpaired) electrons. The molecule has 108 valence electrons. The average Bonchev–Trinajstić information content (AvgIpc) is 2.87. The number of anilines is 1. The lowest BCUT2D eigenvalue weighted by atomic mass is 9.98. The zero-order valence-electron chi connectivity index (χ0n) is 11.7. The summed E-state index contributed by atoms with van der Waals surface area (Å²) >= 11 is 0. The molecular formula is C17H18N2O2. The second-order valence-electron chi connectivity index (χ2n) is 5.30. The number of hydrogen-bond donors (Lipinski definition) is 2. The van der Waals surface area contributed by atoms with Crippen LogP contribution < -0.4 is 10.6 Å². The zero-order chi connectivity index (χ0) is 14.8. The van der Waals surface area contributed by atoms with Crippen LogP contribution in [0.2, 0.25) is 0 Å². The average molecular weight is 282 g/mol. The van der Waals surface area contributed by atoms with Crippen LogP contribution in [-0.4, -0.2) is 24.1 Å². The van der Waals surface area contributed by atoms with E-state index in [4.69, 9.17) is 5.73 Å². The van der Waals surface area contributed by atoms with Crippen molar-refractivity contribution in [2.24, 2.45) is 5.73 Å². The Kier molecular flexibility index (Phi) is 3.62. The van der Waals surface area contributed by atoms with Gasteiger partial charge in [0.2, 0.25) is 0 Å². The molecule has 3 N–H and O–H groups in total. The predicted octanol–water partition coefficient (Wildman–Crippen LogP) is 2.49. The van der Waals surface area contributed by atoms with Crippen molar-refractivity contribution in [1.29, 1.82) is 0 Å². The highest BCUT2D eigenvalue weighted by Crippen LogP contribution is 2.38. The Morgan fingerprint density at radius 1 is 1.19 bits per heavy atom. The molecule has 3 rings (SSSR count). The number of benzene rings is 2. The van der Waals surface area contributed by atoms with Gasteiger partial charge in [0.05, 0.1) is 0 Å². The van der Waals surface area contributed by atoms with Crippen molar-refractivity contribution in [3.8, 4) is 5.75 Å². The Balaban J connectivity index is 1.92. The standard InChI is InChI=1S/C17H18N2O2/c18-10-9-13-11-19(16-4-2-1-3-15(13)16)17(21)12-5-7-14(20)8-6-12/h1-8,13,20H,9-11,18H2. The molecule has 4 nitrogen and oxygen atoms in total. The Bertz CT molecular complexity index is 652. The van der Waals surface area contributed by atoms with Gasteiger partial charge < -0.3 is 15.7 Å². The molecule has 2 aromatic rings. The van der Waals surface area contributed by atoms with Gasteiger partial charge in [-0.2, -0.15) is 0 Å². The van der Waals surface area contributed by atoms with Gasteiger partial charge in [-0.05, 0) is 48.9 Å². The van der Waals surface area contributed by atoms with E-state index in [1.165, 1.54) is 17.7 Å². The van der Waals surface area contributed by atoms with Crippen LogP contribution in [0.1, 0.15) is 28.3 Å². The predicted molar refractivity (Wildman–Crippen MR) is 82.6 cm³/mol. The molecule has 21 heavy (non-hydrogen) atoms. The summed E-state index contributed by atoms with van der Waals surface area (Å²) in [4.78, 5) is 14.5. The molecule has 1 aliphatic rings. The number of phenols is 1. The molecule has 0 spiro atoms. The van der Waals surface area contributed by atoms with Gasteiger partial charge in [-0.15, -0.1) is 0 Å². The first-order valence-electron chi connectivity index (χ1n) is 7.10. The molecular weight excluding hydrogens is 264 g/mol. The lowest BCUT2D eigenvalue weighted by molar-refractivity contribution is 0.0988. The van der Waals surface area contributed by atoms with Crippen LogP contribution in [0.5, 0.6) is 5.75 Å². The van der Waals surface area contributed by atoms with Crippen molar-refractivity contribution in [2.75, 3.05) is 18.0 Å². The third-order valence-corrected chi connectivity index (χ3v) is 3.94. The summed E-state index contributed by atoms with van der Waals surface area (Å²) < 4.78 is 0. The molecule has 1 unspecified atom stereocenters. The van der Waals surface area contributed by atoms with Crippen LogP contribution in [-0.2, 0) is 0 Å². The van der Waals surface area contributed by atoms with Gasteiger partial charge in [-0.25, -0.2) is 0 Å². The summed E-state index contributed by atoms with van der Waals surface area (Å²) in [5.41, 5.74) is 8.42. The van der Waals surface area contributed by atoms with E-state index in [-0.39, 0.29) is 11.7 Å². The van der Waals surface area contributed by atoms with Crippen LogP contribution in [0.3, 0.4) is 0 Å². The van der Waals surface area contributed by atoms with Gasteiger partial charge in [-0.1, -0.05) is 18.2 Å². The van der Waals surface area contributed by atoms with E-state index in [2.05, 4.69) is 6.07 Å². The number of fused-ring (bicyclic) bond motifs is 1. The largest absolute Gasteiger partial charge is 0.508 e. The first-order valence-corrected chi connectivity index (χ1v) is 7.10. The summed E-state index contributed by atoms with van der Waals surface area (Å²) in [7, 11) is 0. The number of nitrogens with two attached hydrogens (primary N) is 1. The van der Waals surface area contributed by atoms with Crippen molar-refractivity contribution in [2.45, 2.75) is 12.3 Å². The second-order valence-corrected chi connectivity index (χ2v) is 5.30. The van der Waals surface area contributed by atoms with E-state index >= 15 is 0 Å². The van der Waals surface area contributed by atoms with E-state index in [9.17, 15) is 9.90 Å². The number of phenolic OH excluding ortho intramolecular Hbond substituents is 1. The lowest BCUT2D eigenvalue weighted by Crippen LogP contribution is -2.30. The maximum Gasteiger partial charge on any atom is 0.258 e. The number of amides is 1. The third-order valence-electron chi connectivity index (χ3n) is 3.94. The van der Waals surface area contributed by atoms with Crippen LogP contribution in [0.25, 0.3) is 0 Å². The highest BCUT2D eigenvalue weighted by molar-refractivity contribution is 6.07. The normalized spacial score (nSPS) is 16.8. The fourth-order valence-corrected chi connectivity index (χ4v) is 2.90. The summed E-state index contributed by atoms with van der Waals surface area (Å²) in [5, 5.41) is 9.33. The van der Waals surface area contributed by atoms with E-state index in [0.717, 1.165) is 12.1 Å². The van der Waals surface area contributed by atoms with Crippen LogP contribution in [0.4, 0.5) is 5.69 Å². The minimum atomic E-state index is -0.0398. The van der Waals surface area contributed by atoms with E-state index in [0.29, 0.717) is 24.6 Å². The SMILES string of the molecule is NCCC1CN(C(=O)c2ccc(O)cc2)c2ccccc21. The number of carbonyl (C=O) groups is 1. The van der Waals surface area contributed by atoms with E-state index < -0.39 is 0 Å². The smallest absolute Gasteiger partial charge is 0.258 e. The van der Waals surface area contributed by atoms with Crippen molar-refractivity contribution in [1.82, 2.24) is 0 Å². The topological polar surface area (TPSA) is 66.6 Å². The summed E-state index contributed by atoms with van der Waals surface area (Å²) in [6, 6.07) is 14.4. The van der Waals surface area contributed by atoms with Gasteiger partial charge in [0.25, 0.3) is 5.91 Å². The maximum atomic E-state index is 12.7. The molecule has 0 saturated carbocycles. The van der Waals surface area contributed by atoms with Crippen molar-refractivity contribution in [3.05, 3.63) is 59.7 Å². The molecule has 1 aliphatic heterocycles. The van der Waals surface area contributed by atoms with Gasteiger partial charge >= 0.3 is 0 Å². The molecule has 1 amide bonds. The van der Waals surface area contributed by atoms with Crippen LogP contribution in [0, 0.1) is 0 Å². The highest BCUT2D eigenvalue weighted by Gasteiger charge is 2.31. The molecule has 0 fully saturated rings. The first-order chi connectivity index (χ1) is 10.2. The molecule has 1 heterocycles. The highest BCUT2D eigenvalue weighted by atomic mass is 16.3. The van der Waals surface area contributed by atoms with Crippen LogP contribution >= 0.6 is 0 Å². The van der Waals surface area contributed by atoms with Crippen molar-refractivity contribution >= 4 is 11.6 Å². The fraction of sp³-hybridized carbons (Fsp3) is 0.235. The summed E-state index contributed by atoms with van der Waals surface area (Å²) in [6.07, 6.45) is 0.871. The van der Waals surface area contributed by atoms with Crippen molar-refractivity contribution in [3.63, 3.8) is 0 Å². The number of para-hydroxylation sites is 1. The molecule has 0 aromatic heterocycles. The second kappa shape index (κ2) is 5.58. The van der Waals surface area contributed by atoms with Gasteiger partial charge in [-0.3, -0.25) is 4.79 Å². The number of nitrogens with zero attached hydrogens (tertiary/aromatic N) is 1. The Morgan fingerprint density at radius 3 is 2.62 bits per heavy atom. The number of hydrogen-bond acceptors (Lipinski definition) is 3. The fourth-order valence-electron chi connectivity index (χ4n) is 2.90. The minimum Gasteiger partial charge on any atom is -0.508 e. The van der Waals surface area contributed by atoms with E-state index in [1.807, 2.05) is 23.1 Å². The van der Waals surface area contributed by atoms with Gasteiger partial charge in [0.1, 0.15) is 5.75 Å². The Hall–Kier alpha value is -2.33. The Labute approximate surface area is 123 Å². The van der Waals surface area contributed by atoms with E-state index in [1.54, 1.807) is 12.1 Å². The minimum absolute atomic E-state index is 0.0398.